The molecule has 4 heterocycles. The van der Waals surface area contributed by atoms with Gasteiger partial charge in [0, 0.05) is 37.3 Å². The van der Waals surface area contributed by atoms with Crippen LogP contribution in [0.15, 0.2) is 35.1 Å². The van der Waals surface area contributed by atoms with E-state index in [1.807, 2.05) is 0 Å². The highest BCUT2D eigenvalue weighted by atomic mass is 35.5. The predicted octanol–water partition coefficient (Wildman–Crippen LogP) is 5.73. The van der Waals surface area contributed by atoms with E-state index < -0.39 is 113 Å². The molecular weight excluding hydrogens is 943 g/mol. The van der Waals surface area contributed by atoms with Crippen molar-refractivity contribution in [1.82, 2.24) is 39.4 Å². The first kappa shape index (κ1) is 45.0. The van der Waals surface area contributed by atoms with Gasteiger partial charge in [-0.2, -0.15) is 32.1 Å². The SMILES string of the molecule is Cn1nc(NS(C)(=O)=O)c2c(Cl)ccc(-n3c([C@H](Cc4cc(F)cc(F)c4)NC(=O)Cn4nc(C(F)(F)F)c5c4C(F)(F)[C@@H]4C[C@H]54)nc4nc(C#CC(C)(C)S(C)(=O)=O)sc4c3=O)c21. The molecule has 1 amide bonds. The third-order valence-electron chi connectivity index (χ3n) is 10.8. The third kappa shape index (κ3) is 7.97. The van der Waals surface area contributed by atoms with Crippen molar-refractivity contribution in [2.24, 2.45) is 13.0 Å². The van der Waals surface area contributed by atoms with Crippen molar-refractivity contribution in [3.8, 4) is 17.5 Å². The zero-order chi connectivity index (χ0) is 46.8. The molecule has 3 atom stereocenters. The predicted molar refractivity (Wildman–Crippen MR) is 219 cm³/mol. The molecule has 338 valence electrons. The summed E-state index contributed by atoms with van der Waals surface area (Å²) < 4.78 is 155. The van der Waals surface area contributed by atoms with Crippen LogP contribution in [-0.2, 0) is 56.8 Å². The molecule has 2 N–H and O–H groups in total. The van der Waals surface area contributed by atoms with Crippen LogP contribution in [-0.4, -0.2) is 74.1 Å². The standard InChI is InChI=1S/C38H31ClF7N9O6S3/c1-36(2,63(4,58)59)9-8-25-48-33-29(62-25)35(57)55(23-7-6-21(39)27-28(23)53(3)51-32(27)52-64(5,60)61)34(49-33)22(12-16-10-17(40)13-18(41)11-16)47-24(56)15-54-31-26(30(50-54)38(44,45)46)19-14-20(19)37(31,42)43/h6-7,10-11,13,19-20,22H,12,14-15H2,1-5H3,(H,47,56)(H,51,52)/t19-,20+,22-/m0/s1. The fourth-order valence-corrected chi connectivity index (χ4v) is 9.40. The Labute approximate surface area is 366 Å². The van der Waals surface area contributed by atoms with Crippen molar-refractivity contribution in [3.05, 3.63) is 90.7 Å². The number of rotatable bonds is 10. The van der Waals surface area contributed by atoms with Crippen molar-refractivity contribution in [1.29, 1.82) is 0 Å². The number of anilines is 1. The number of carbonyl (C=O) groups excluding carboxylic acids is 1. The molecule has 2 aliphatic carbocycles. The van der Waals surface area contributed by atoms with Gasteiger partial charge < -0.3 is 5.32 Å². The Morgan fingerprint density at radius 3 is 2.36 bits per heavy atom. The molecule has 4 aromatic heterocycles. The van der Waals surface area contributed by atoms with E-state index in [0.717, 1.165) is 33.9 Å². The number of alkyl halides is 5. The number of benzene rings is 2. The maximum absolute atomic E-state index is 15.5. The van der Waals surface area contributed by atoms with E-state index >= 15 is 8.78 Å². The average molecular weight is 974 g/mol. The lowest BCUT2D eigenvalue weighted by molar-refractivity contribution is -0.142. The second-order valence-corrected chi connectivity index (χ2v) is 21.6. The van der Waals surface area contributed by atoms with Crippen LogP contribution in [0.4, 0.5) is 36.6 Å². The molecule has 0 spiro atoms. The average Bonchev–Trinajstić information content (AvgIpc) is 3.40. The maximum Gasteiger partial charge on any atom is 0.435 e. The first-order chi connectivity index (χ1) is 29.6. The Hall–Kier alpha value is -5.58. The number of aromatic nitrogens is 7. The molecule has 0 unspecified atom stereocenters. The number of sulfonamides is 1. The Balaban J connectivity index is 1.35. The van der Waals surface area contributed by atoms with E-state index in [1.54, 1.807) is 0 Å². The van der Waals surface area contributed by atoms with Gasteiger partial charge in [0.25, 0.3) is 11.5 Å². The molecular formula is C38H31ClF7N9O6S3. The number of halogens is 8. The van der Waals surface area contributed by atoms with Gasteiger partial charge in [0.1, 0.15) is 39.1 Å². The molecule has 6 aromatic rings. The van der Waals surface area contributed by atoms with Gasteiger partial charge in [-0.05, 0) is 61.9 Å². The maximum atomic E-state index is 15.5. The molecule has 0 radical (unpaired) electrons. The number of aryl methyl sites for hydroxylation is 1. The number of nitrogens with zero attached hydrogens (tertiary/aromatic N) is 7. The van der Waals surface area contributed by atoms with E-state index in [2.05, 4.69) is 42.0 Å². The summed E-state index contributed by atoms with van der Waals surface area (Å²) in [6, 6.07) is 3.22. The van der Waals surface area contributed by atoms with Crippen LogP contribution < -0.4 is 15.6 Å². The summed E-state index contributed by atoms with van der Waals surface area (Å²) in [7, 11) is -6.33. The van der Waals surface area contributed by atoms with Gasteiger partial charge in [-0.1, -0.05) is 28.9 Å². The summed E-state index contributed by atoms with van der Waals surface area (Å²) in [5.74, 6) is -5.16. The van der Waals surface area contributed by atoms with Crippen LogP contribution >= 0.6 is 22.9 Å². The van der Waals surface area contributed by atoms with Gasteiger partial charge in [-0.3, -0.25) is 28.2 Å². The minimum atomic E-state index is -5.15. The summed E-state index contributed by atoms with van der Waals surface area (Å²) in [6.07, 6.45) is -4.15. The summed E-state index contributed by atoms with van der Waals surface area (Å²) in [6.45, 7) is 1.46. The van der Waals surface area contributed by atoms with Crippen LogP contribution in [0.5, 0.6) is 0 Å². The quantitative estimate of drug-likeness (QED) is 0.127. The Bertz CT molecular complexity index is 3330. The molecule has 0 aliphatic heterocycles. The van der Waals surface area contributed by atoms with Crippen LogP contribution in [0.1, 0.15) is 65.6 Å². The molecule has 2 aromatic carbocycles. The normalized spacial score (nSPS) is 17.5. The molecule has 1 saturated carbocycles. The topological polar surface area (TPSA) is 193 Å². The molecule has 0 bridgehead atoms. The van der Waals surface area contributed by atoms with Crippen molar-refractivity contribution in [3.63, 3.8) is 0 Å². The summed E-state index contributed by atoms with van der Waals surface area (Å²) in [4.78, 5) is 37.9. The zero-order valence-electron chi connectivity index (χ0n) is 33.6. The van der Waals surface area contributed by atoms with Gasteiger partial charge in [-0.15, -0.1) is 0 Å². The lowest BCUT2D eigenvalue weighted by Gasteiger charge is -2.23. The molecule has 0 saturated heterocycles. The molecule has 8 rings (SSSR count). The summed E-state index contributed by atoms with van der Waals surface area (Å²) in [5, 5.41) is 9.96. The smallest absolute Gasteiger partial charge is 0.344 e. The van der Waals surface area contributed by atoms with Crippen LogP contribution in [0, 0.1) is 29.4 Å². The second-order valence-electron chi connectivity index (χ2n) is 15.9. The fraction of sp³-hybridized carbons (Fsp3) is 0.368. The first-order valence-electron chi connectivity index (χ1n) is 18.7. The molecule has 15 nitrogen and oxygen atoms in total. The number of thiazole rings is 1. The van der Waals surface area contributed by atoms with E-state index in [-0.39, 0.29) is 59.5 Å². The first-order valence-corrected chi connectivity index (χ1v) is 23.6. The number of sulfone groups is 1. The second kappa shape index (κ2) is 15.0. The fourth-order valence-electron chi connectivity index (χ4n) is 7.63. The van der Waals surface area contributed by atoms with Gasteiger partial charge in [0.2, 0.25) is 15.9 Å². The number of hydrogen-bond acceptors (Lipinski definition) is 11. The number of hydrogen-bond donors (Lipinski definition) is 2. The van der Waals surface area contributed by atoms with Crippen LogP contribution in [0.3, 0.4) is 0 Å². The highest BCUT2D eigenvalue weighted by Gasteiger charge is 2.68. The minimum Gasteiger partial charge on any atom is -0.344 e. The number of nitrogens with one attached hydrogen (secondary N) is 2. The molecule has 64 heavy (non-hydrogen) atoms. The monoisotopic (exact) mass is 973 g/mol. The van der Waals surface area contributed by atoms with Crippen molar-refractivity contribution >= 4 is 75.8 Å². The Morgan fingerprint density at radius 1 is 1.06 bits per heavy atom. The van der Waals surface area contributed by atoms with E-state index in [1.165, 1.54) is 33.0 Å². The number of fused-ring (bicyclic) bond motifs is 5. The number of carbonyl (C=O) groups is 1. The third-order valence-corrected chi connectivity index (χ3v) is 14.6. The van der Waals surface area contributed by atoms with Gasteiger partial charge in [-0.25, -0.2) is 35.6 Å². The highest BCUT2D eigenvalue weighted by Crippen LogP contribution is 2.68. The lowest BCUT2D eigenvalue weighted by atomic mass is 10.0. The van der Waals surface area contributed by atoms with Gasteiger partial charge in [0.15, 0.2) is 32.0 Å². The molecule has 1 fully saturated rings. The molecule has 26 heteroatoms. The summed E-state index contributed by atoms with van der Waals surface area (Å²) in [5.41, 5.74) is -4.88. The van der Waals surface area contributed by atoms with Crippen molar-refractivity contribution in [2.45, 2.75) is 62.0 Å². The number of amides is 1. The van der Waals surface area contributed by atoms with Gasteiger partial charge in [0.05, 0.1) is 33.9 Å². The van der Waals surface area contributed by atoms with Crippen LogP contribution in [0.2, 0.25) is 5.02 Å². The Morgan fingerprint density at radius 2 is 1.73 bits per heavy atom. The largest absolute Gasteiger partial charge is 0.435 e. The highest BCUT2D eigenvalue weighted by molar-refractivity contribution is 7.92. The van der Waals surface area contributed by atoms with Crippen molar-refractivity contribution in [2.75, 3.05) is 17.2 Å². The zero-order valence-corrected chi connectivity index (χ0v) is 36.8. The van der Waals surface area contributed by atoms with Gasteiger partial charge >= 0.3 is 6.18 Å². The minimum absolute atomic E-state index is 0.00274. The van der Waals surface area contributed by atoms with Crippen molar-refractivity contribution < 1.29 is 52.4 Å². The summed E-state index contributed by atoms with van der Waals surface area (Å²) >= 11 is 7.27. The Kier molecular flexibility index (Phi) is 10.5. The van der Waals surface area contributed by atoms with Crippen LogP contribution in [0.25, 0.3) is 26.9 Å². The molecule has 2 aliphatic rings. The lowest BCUT2D eigenvalue weighted by Crippen LogP contribution is -2.38. The van der Waals surface area contributed by atoms with E-state index in [9.17, 15) is 48.4 Å². The van der Waals surface area contributed by atoms with E-state index in [4.69, 9.17) is 11.6 Å². The van der Waals surface area contributed by atoms with E-state index in [0.29, 0.717) is 17.4 Å².